The van der Waals surface area contributed by atoms with Gasteiger partial charge in [-0.3, -0.25) is 0 Å². The Bertz CT molecular complexity index is 668. The Kier molecular flexibility index (Phi) is 4.78. The highest BCUT2D eigenvalue weighted by Gasteiger charge is 2.35. The van der Waals surface area contributed by atoms with Crippen LogP contribution in [-0.2, 0) is 9.53 Å². The predicted octanol–water partition coefficient (Wildman–Crippen LogP) is 1.93. The second-order valence-corrected chi connectivity index (χ2v) is 5.09. The molecular formula is C16H20N2O5. The van der Waals surface area contributed by atoms with Crippen molar-refractivity contribution in [1.82, 2.24) is 10.2 Å². The van der Waals surface area contributed by atoms with Crippen LogP contribution in [0, 0.1) is 0 Å². The summed E-state index contributed by atoms with van der Waals surface area (Å²) in [5, 5.41) is 12.6. The lowest BCUT2D eigenvalue weighted by molar-refractivity contribution is -0.136. The smallest absolute Gasteiger partial charge is 0.337 e. The molecule has 0 fully saturated rings. The number of urea groups is 1. The molecule has 7 heteroatoms. The van der Waals surface area contributed by atoms with Crippen molar-refractivity contribution in [3.8, 4) is 11.5 Å². The monoisotopic (exact) mass is 320 g/mol. The molecule has 0 spiro atoms. The fourth-order valence-electron chi connectivity index (χ4n) is 2.44. The summed E-state index contributed by atoms with van der Waals surface area (Å²) >= 11 is 0. The van der Waals surface area contributed by atoms with Crippen molar-refractivity contribution >= 4 is 12.0 Å². The quantitative estimate of drug-likeness (QED) is 0.828. The molecule has 0 bridgehead atoms. The van der Waals surface area contributed by atoms with Gasteiger partial charge in [0.2, 0.25) is 0 Å². The molecule has 2 N–H and O–H groups in total. The number of carbonyl (C=O) groups excluding carboxylic acids is 2. The fraction of sp³-hybridized carbons (Fsp3) is 0.375. The van der Waals surface area contributed by atoms with Gasteiger partial charge in [0.15, 0.2) is 11.5 Å². The van der Waals surface area contributed by atoms with Crippen molar-refractivity contribution in [3.63, 3.8) is 0 Å². The van der Waals surface area contributed by atoms with Crippen LogP contribution in [0.25, 0.3) is 0 Å². The molecule has 1 atom stereocenters. The molecule has 1 aromatic carbocycles. The molecule has 124 valence electrons. The van der Waals surface area contributed by atoms with Crippen LogP contribution >= 0.6 is 0 Å². The Morgan fingerprint density at radius 2 is 2.13 bits per heavy atom. The van der Waals surface area contributed by atoms with E-state index in [0.29, 0.717) is 29.2 Å². The molecule has 0 radical (unpaired) electrons. The third-order valence-corrected chi connectivity index (χ3v) is 3.78. The van der Waals surface area contributed by atoms with E-state index in [-0.39, 0.29) is 11.8 Å². The summed E-state index contributed by atoms with van der Waals surface area (Å²) in [4.78, 5) is 25.6. The number of nitrogens with one attached hydrogen (secondary N) is 1. The molecule has 23 heavy (non-hydrogen) atoms. The summed E-state index contributed by atoms with van der Waals surface area (Å²) in [7, 11) is 2.87. The normalized spacial score (nSPS) is 17.8. The van der Waals surface area contributed by atoms with E-state index < -0.39 is 12.0 Å². The number of hydrogen-bond acceptors (Lipinski definition) is 5. The van der Waals surface area contributed by atoms with Gasteiger partial charge in [-0.25, -0.2) is 9.59 Å². The van der Waals surface area contributed by atoms with Crippen LogP contribution in [0.3, 0.4) is 0 Å². The summed E-state index contributed by atoms with van der Waals surface area (Å²) in [5.41, 5.74) is 1.46. The van der Waals surface area contributed by atoms with E-state index in [1.54, 1.807) is 33.0 Å². The second-order valence-electron chi connectivity index (χ2n) is 5.09. The highest BCUT2D eigenvalue weighted by atomic mass is 16.5. The van der Waals surface area contributed by atoms with E-state index in [1.165, 1.54) is 18.1 Å². The van der Waals surface area contributed by atoms with Gasteiger partial charge < -0.3 is 24.8 Å². The number of nitrogens with zero attached hydrogens (tertiary/aromatic N) is 1. The largest absolute Gasteiger partial charge is 0.504 e. The Morgan fingerprint density at radius 3 is 2.74 bits per heavy atom. The van der Waals surface area contributed by atoms with Gasteiger partial charge in [-0.05, 0) is 31.5 Å². The van der Waals surface area contributed by atoms with Gasteiger partial charge in [-0.15, -0.1) is 0 Å². The zero-order valence-corrected chi connectivity index (χ0v) is 13.5. The molecule has 0 aromatic heterocycles. The number of benzene rings is 1. The lowest BCUT2D eigenvalue weighted by Gasteiger charge is -2.33. The molecular weight excluding hydrogens is 300 g/mol. The van der Waals surface area contributed by atoms with E-state index >= 15 is 0 Å². The van der Waals surface area contributed by atoms with Gasteiger partial charge in [0, 0.05) is 12.7 Å². The van der Waals surface area contributed by atoms with Crippen molar-refractivity contribution in [1.29, 1.82) is 0 Å². The number of rotatable bonds is 4. The predicted molar refractivity (Wildman–Crippen MR) is 83.0 cm³/mol. The molecule has 1 heterocycles. The molecule has 0 aliphatic carbocycles. The molecule has 1 aliphatic rings. The number of methoxy groups -OCH3 is 1. The van der Waals surface area contributed by atoms with E-state index in [4.69, 9.17) is 9.47 Å². The number of aromatic hydroxyl groups is 1. The van der Waals surface area contributed by atoms with E-state index in [0.717, 1.165) is 0 Å². The minimum absolute atomic E-state index is 0.00447. The minimum atomic E-state index is -0.675. The summed E-state index contributed by atoms with van der Waals surface area (Å²) in [6.07, 6.45) is 0. The van der Waals surface area contributed by atoms with Crippen molar-refractivity contribution in [2.24, 2.45) is 0 Å². The minimum Gasteiger partial charge on any atom is -0.504 e. The second kappa shape index (κ2) is 6.60. The van der Waals surface area contributed by atoms with Crippen LogP contribution in [-0.4, -0.2) is 42.8 Å². The maximum atomic E-state index is 12.2. The maximum absolute atomic E-state index is 12.2. The van der Waals surface area contributed by atoms with Crippen LogP contribution in [0.2, 0.25) is 0 Å². The molecule has 2 amide bonds. The Balaban J connectivity index is 2.53. The first-order chi connectivity index (χ1) is 10.9. The first kappa shape index (κ1) is 16.7. The van der Waals surface area contributed by atoms with Crippen LogP contribution in [0.4, 0.5) is 4.79 Å². The van der Waals surface area contributed by atoms with Gasteiger partial charge in [-0.1, -0.05) is 6.07 Å². The number of esters is 1. The molecule has 0 saturated carbocycles. The van der Waals surface area contributed by atoms with E-state index in [9.17, 15) is 14.7 Å². The number of ether oxygens (including phenoxy) is 2. The number of phenols is 1. The van der Waals surface area contributed by atoms with E-state index in [2.05, 4.69) is 5.32 Å². The highest BCUT2D eigenvalue weighted by molar-refractivity contribution is 5.94. The average molecular weight is 320 g/mol. The molecule has 1 aliphatic heterocycles. The summed E-state index contributed by atoms with van der Waals surface area (Å²) in [5.74, 6) is -0.236. The van der Waals surface area contributed by atoms with Crippen molar-refractivity contribution in [2.75, 3.05) is 20.8 Å². The van der Waals surface area contributed by atoms with Crippen LogP contribution in [0.15, 0.2) is 29.5 Å². The number of carbonyl (C=O) groups is 2. The summed E-state index contributed by atoms with van der Waals surface area (Å²) in [6, 6.07) is 3.70. The lowest BCUT2D eigenvalue weighted by atomic mass is 9.95. The van der Waals surface area contributed by atoms with Gasteiger partial charge in [0.25, 0.3) is 0 Å². The SMILES string of the molecule is CCOc1cc([C@@H]2NC(=O)N(C)C(C)=C2C(=O)OC)ccc1O. The summed E-state index contributed by atoms with van der Waals surface area (Å²) < 4.78 is 10.2. The zero-order chi connectivity index (χ0) is 17.1. The molecule has 0 saturated heterocycles. The van der Waals surface area contributed by atoms with Crippen LogP contribution < -0.4 is 10.1 Å². The number of amides is 2. The number of allylic oxidation sites excluding steroid dienone is 1. The Labute approximate surface area is 134 Å². The first-order valence-corrected chi connectivity index (χ1v) is 7.19. The first-order valence-electron chi connectivity index (χ1n) is 7.19. The standard InChI is InChI=1S/C16H20N2O5/c1-5-23-12-8-10(6-7-11(12)19)14-13(15(20)22-4)9(2)18(3)16(21)17-14/h6-8,14,19H,5H2,1-4H3,(H,17,21)/t14-/m0/s1. The molecule has 7 nitrogen and oxygen atoms in total. The lowest BCUT2D eigenvalue weighted by Crippen LogP contribution is -2.46. The van der Waals surface area contributed by atoms with Crippen molar-refractivity contribution in [2.45, 2.75) is 19.9 Å². The van der Waals surface area contributed by atoms with Gasteiger partial charge in [-0.2, -0.15) is 0 Å². The Morgan fingerprint density at radius 1 is 1.43 bits per heavy atom. The molecule has 0 unspecified atom stereocenters. The van der Waals surface area contributed by atoms with Gasteiger partial charge in [0.1, 0.15) is 0 Å². The summed E-state index contributed by atoms with van der Waals surface area (Å²) in [6.45, 7) is 3.87. The van der Waals surface area contributed by atoms with Crippen molar-refractivity contribution in [3.05, 3.63) is 35.0 Å². The van der Waals surface area contributed by atoms with Crippen LogP contribution in [0.1, 0.15) is 25.5 Å². The zero-order valence-electron chi connectivity index (χ0n) is 13.5. The van der Waals surface area contributed by atoms with Gasteiger partial charge >= 0.3 is 12.0 Å². The topological polar surface area (TPSA) is 88.1 Å². The van der Waals surface area contributed by atoms with Gasteiger partial charge in [0.05, 0.1) is 25.3 Å². The molecule has 1 aromatic rings. The van der Waals surface area contributed by atoms with Crippen LogP contribution in [0.5, 0.6) is 11.5 Å². The third-order valence-electron chi connectivity index (χ3n) is 3.78. The molecule has 2 rings (SSSR count). The third kappa shape index (κ3) is 3.08. The highest BCUT2D eigenvalue weighted by Crippen LogP contribution is 2.35. The average Bonchev–Trinajstić information content (AvgIpc) is 2.54. The Hall–Kier alpha value is -2.70. The maximum Gasteiger partial charge on any atom is 0.337 e. The fourth-order valence-corrected chi connectivity index (χ4v) is 2.44. The van der Waals surface area contributed by atoms with E-state index in [1.807, 2.05) is 0 Å². The number of phenolic OH excluding ortho intramolecular Hbond substituents is 1. The van der Waals surface area contributed by atoms with Crippen molar-refractivity contribution < 1.29 is 24.2 Å². The number of hydrogen-bond donors (Lipinski definition) is 2.